The molecule has 1 aromatic carbocycles. The summed E-state index contributed by atoms with van der Waals surface area (Å²) in [6.07, 6.45) is 0.669. The van der Waals surface area contributed by atoms with Crippen LogP contribution in [0.5, 0.6) is 0 Å². The highest BCUT2D eigenvalue weighted by molar-refractivity contribution is 7.17. The number of aromatic nitrogens is 2. The molecule has 0 bridgehead atoms. The van der Waals surface area contributed by atoms with Crippen LogP contribution in [-0.4, -0.2) is 15.0 Å². The molecule has 0 saturated carbocycles. The van der Waals surface area contributed by atoms with E-state index >= 15 is 0 Å². The Labute approximate surface area is 142 Å². The summed E-state index contributed by atoms with van der Waals surface area (Å²) in [7, 11) is 0. The van der Waals surface area contributed by atoms with Crippen molar-refractivity contribution in [2.45, 2.75) is 26.4 Å². The average molecular weight is 343 g/mol. The van der Waals surface area contributed by atoms with Gasteiger partial charge in [-0.15, -0.1) is 11.3 Å². The standard InChI is InChI=1S/C17H17N3O3S/c1-2-9-19-16(22)15-13(8-10-24-15)20(17(19)23)11-14(21)18-12-6-4-3-5-7-12/h3-8,10H,2,9,11H2,1H3,(H,18,21). The molecule has 2 heterocycles. The minimum atomic E-state index is -0.448. The highest BCUT2D eigenvalue weighted by atomic mass is 32.1. The maximum absolute atomic E-state index is 12.6. The van der Waals surface area contributed by atoms with Crippen molar-refractivity contribution in [1.29, 1.82) is 0 Å². The van der Waals surface area contributed by atoms with Crippen molar-refractivity contribution < 1.29 is 4.79 Å². The Morgan fingerprint density at radius 3 is 2.58 bits per heavy atom. The van der Waals surface area contributed by atoms with E-state index in [9.17, 15) is 14.4 Å². The highest BCUT2D eigenvalue weighted by Gasteiger charge is 2.16. The molecule has 7 heteroatoms. The molecule has 0 radical (unpaired) electrons. The van der Waals surface area contributed by atoms with Gasteiger partial charge in [-0.1, -0.05) is 25.1 Å². The first kappa shape index (κ1) is 16.2. The number of nitrogens with zero attached hydrogens (tertiary/aromatic N) is 2. The Morgan fingerprint density at radius 1 is 1.12 bits per heavy atom. The lowest BCUT2D eigenvalue weighted by Crippen LogP contribution is -2.41. The molecule has 3 rings (SSSR count). The van der Waals surface area contributed by atoms with Crippen LogP contribution < -0.4 is 16.6 Å². The number of fused-ring (bicyclic) bond motifs is 1. The molecule has 124 valence electrons. The van der Waals surface area contributed by atoms with Crippen LogP contribution in [0, 0.1) is 0 Å². The highest BCUT2D eigenvalue weighted by Crippen LogP contribution is 2.15. The summed E-state index contributed by atoms with van der Waals surface area (Å²) in [5.41, 5.74) is 0.437. The van der Waals surface area contributed by atoms with Gasteiger partial charge in [0.25, 0.3) is 5.56 Å². The second-order valence-corrected chi connectivity index (χ2v) is 6.29. The quantitative estimate of drug-likeness (QED) is 0.772. The molecular formula is C17H17N3O3S. The van der Waals surface area contributed by atoms with Crippen LogP contribution >= 0.6 is 11.3 Å². The molecule has 0 aliphatic rings. The first-order chi connectivity index (χ1) is 11.6. The van der Waals surface area contributed by atoms with Gasteiger partial charge in [-0.25, -0.2) is 4.79 Å². The zero-order valence-electron chi connectivity index (χ0n) is 13.2. The van der Waals surface area contributed by atoms with Gasteiger partial charge in [0.1, 0.15) is 11.2 Å². The number of carbonyl (C=O) groups is 1. The maximum atomic E-state index is 12.6. The Kier molecular flexibility index (Phi) is 4.61. The number of hydrogen-bond donors (Lipinski definition) is 1. The number of amides is 1. The zero-order valence-corrected chi connectivity index (χ0v) is 14.0. The topological polar surface area (TPSA) is 73.1 Å². The second-order valence-electron chi connectivity index (χ2n) is 5.37. The molecule has 1 amide bonds. The molecule has 0 spiro atoms. The summed E-state index contributed by atoms with van der Waals surface area (Å²) < 4.78 is 3.06. The number of benzene rings is 1. The van der Waals surface area contributed by atoms with E-state index in [0.29, 0.717) is 28.9 Å². The van der Waals surface area contributed by atoms with Crippen LogP contribution in [0.25, 0.3) is 10.2 Å². The fraction of sp³-hybridized carbons (Fsp3) is 0.235. The van der Waals surface area contributed by atoms with E-state index < -0.39 is 5.69 Å². The Hall–Kier alpha value is -2.67. The lowest BCUT2D eigenvalue weighted by molar-refractivity contribution is -0.116. The molecule has 0 atom stereocenters. The van der Waals surface area contributed by atoms with Crippen molar-refractivity contribution in [2.75, 3.05) is 5.32 Å². The number of para-hydroxylation sites is 1. The third-order valence-electron chi connectivity index (χ3n) is 3.64. The summed E-state index contributed by atoms with van der Waals surface area (Å²) in [4.78, 5) is 37.3. The first-order valence-electron chi connectivity index (χ1n) is 7.67. The van der Waals surface area contributed by atoms with Crippen LogP contribution in [0.2, 0.25) is 0 Å². The van der Waals surface area contributed by atoms with Gasteiger partial charge in [-0.2, -0.15) is 0 Å². The van der Waals surface area contributed by atoms with E-state index in [1.54, 1.807) is 23.6 Å². The lowest BCUT2D eigenvalue weighted by Gasteiger charge is -2.12. The SMILES string of the molecule is CCCn1c(=O)c2sccc2n(CC(=O)Nc2ccccc2)c1=O. The number of thiophene rings is 1. The summed E-state index contributed by atoms with van der Waals surface area (Å²) in [6, 6.07) is 10.8. The van der Waals surface area contributed by atoms with Crippen molar-refractivity contribution in [3.05, 3.63) is 62.6 Å². The maximum Gasteiger partial charge on any atom is 0.332 e. The molecule has 1 N–H and O–H groups in total. The molecule has 0 aliphatic heterocycles. The molecule has 3 aromatic rings. The van der Waals surface area contributed by atoms with E-state index in [1.165, 1.54) is 20.5 Å². The molecule has 0 aliphatic carbocycles. The van der Waals surface area contributed by atoms with Crippen molar-refractivity contribution in [3.8, 4) is 0 Å². The summed E-state index contributed by atoms with van der Waals surface area (Å²) in [5.74, 6) is -0.308. The lowest BCUT2D eigenvalue weighted by atomic mass is 10.3. The van der Waals surface area contributed by atoms with Crippen molar-refractivity contribution in [1.82, 2.24) is 9.13 Å². The van der Waals surface area contributed by atoms with Gasteiger partial charge < -0.3 is 5.32 Å². The second kappa shape index (κ2) is 6.84. The Morgan fingerprint density at radius 2 is 1.88 bits per heavy atom. The Bertz CT molecular complexity index is 986. The minimum absolute atomic E-state index is 0.134. The van der Waals surface area contributed by atoms with Gasteiger partial charge in [0, 0.05) is 12.2 Å². The number of anilines is 1. The van der Waals surface area contributed by atoms with Crippen LogP contribution in [0.1, 0.15) is 13.3 Å². The van der Waals surface area contributed by atoms with E-state index in [-0.39, 0.29) is 18.0 Å². The molecule has 2 aromatic heterocycles. The summed E-state index contributed by atoms with van der Waals surface area (Å²) >= 11 is 1.28. The predicted octanol–water partition coefficient (Wildman–Crippen LogP) is 2.27. The minimum Gasteiger partial charge on any atom is -0.325 e. The molecular weight excluding hydrogens is 326 g/mol. The average Bonchev–Trinajstić information content (AvgIpc) is 3.06. The predicted molar refractivity (Wildman–Crippen MR) is 95.7 cm³/mol. The van der Waals surface area contributed by atoms with E-state index in [0.717, 1.165) is 0 Å². The molecule has 0 saturated heterocycles. The molecule has 24 heavy (non-hydrogen) atoms. The molecule has 6 nitrogen and oxygen atoms in total. The number of rotatable bonds is 5. The van der Waals surface area contributed by atoms with Crippen LogP contribution in [-0.2, 0) is 17.9 Å². The van der Waals surface area contributed by atoms with Crippen LogP contribution in [0.4, 0.5) is 5.69 Å². The fourth-order valence-corrected chi connectivity index (χ4v) is 3.42. The Balaban J connectivity index is 2.00. The van der Waals surface area contributed by atoms with Gasteiger partial charge >= 0.3 is 5.69 Å². The smallest absolute Gasteiger partial charge is 0.325 e. The van der Waals surface area contributed by atoms with E-state index in [2.05, 4.69) is 5.32 Å². The summed E-state index contributed by atoms with van der Waals surface area (Å²) in [6.45, 7) is 2.10. The van der Waals surface area contributed by atoms with Gasteiger partial charge in [0.05, 0.1) is 5.52 Å². The fourth-order valence-electron chi connectivity index (χ4n) is 2.57. The van der Waals surface area contributed by atoms with Crippen LogP contribution in [0.15, 0.2) is 51.4 Å². The number of nitrogens with one attached hydrogen (secondary N) is 1. The third-order valence-corrected chi connectivity index (χ3v) is 4.53. The molecule has 0 fully saturated rings. The van der Waals surface area contributed by atoms with Crippen molar-refractivity contribution in [2.24, 2.45) is 0 Å². The van der Waals surface area contributed by atoms with E-state index in [1.807, 2.05) is 25.1 Å². The third kappa shape index (κ3) is 3.03. The van der Waals surface area contributed by atoms with Crippen LogP contribution in [0.3, 0.4) is 0 Å². The number of hydrogen-bond acceptors (Lipinski definition) is 4. The first-order valence-corrected chi connectivity index (χ1v) is 8.55. The van der Waals surface area contributed by atoms with Crippen molar-refractivity contribution >= 4 is 33.1 Å². The zero-order chi connectivity index (χ0) is 17.1. The van der Waals surface area contributed by atoms with Gasteiger partial charge in [0.2, 0.25) is 5.91 Å². The monoisotopic (exact) mass is 343 g/mol. The number of carbonyl (C=O) groups excluding carboxylic acids is 1. The van der Waals surface area contributed by atoms with Gasteiger partial charge in [-0.3, -0.25) is 18.7 Å². The summed E-state index contributed by atoms with van der Waals surface area (Å²) in [5, 5.41) is 4.52. The molecule has 0 unspecified atom stereocenters. The van der Waals surface area contributed by atoms with Crippen molar-refractivity contribution in [3.63, 3.8) is 0 Å². The van der Waals surface area contributed by atoms with Gasteiger partial charge in [0.15, 0.2) is 0 Å². The largest absolute Gasteiger partial charge is 0.332 e. The van der Waals surface area contributed by atoms with Gasteiger partial charge in [-0.05, 0) is 30.0 Å². The normalized spacial score (nSPS) is 10.9. The van der Waals surface area contributed by atoms with E-state index in [4.69, 9.17) is 0 Å².